The standard InChI is InChI=1S/C34H64N2/c1-5-9-13-17-21-29-35(30-22-18-14-10-6-2)33-25-27-34(28-26-33)36(31-23-19-15-11-7-3)32-24-20-16-12-8-4/h25-28H,5-24,29-32H2,1-4H3. The van der Waals surface area contributed by atoms with Crippen LogP contribution >= 0.6 is 0 Å². The largest absolute Gasteiger partial charge is 0.372 e. The van der Waals surface area contributed by atoms with Gasteiger partial charge in [-0.05, 0) is 49.9 Å². The predicted molar refractivity (Wildman–Crippen MR) is 166 cm³/mol. The van der Waals surface area contributed by atoms with Crippen molar-refractivity contribution in [3.05, 3.63) is 24.3 Å². The quantitative estimate of drug-likeness (QED) is 0.117. The van der Waals surface area contributed by atoms with Gasteiger partial charge in [-0.2, -0.15) is 0 Å². The lowest BCUT2D eigenvalue weighted by atomic mass is 10.1. The average Bonchev–Trinajstić information content (AvgIpc) is 2.90. The molecule has 36 heavy (non-hydrogen) atoms. The fraction of sp³-hybridized carbons (Fsp3) is 0.824. The lowest BCUT2D eigenvalue weighted by Gasteiger charge is -2.28. The maximum Gasteiger partial charge on any atom is 0.0367 e. The topological polar surface area (TPSA) is 6.48 Å². The Balaban J connectivity index is 2.73. The lowest BCUT2D eigenvalue weighted by molar-refractivity contribution is 0.588. The number of hydrogen-bond acceptors (Lipinski definition) is 2. The van der Waals surface area contributed by atoms with Crippen LogP contribution in [-0.2, 0) is 0 Å². The highest BCUT2D eigenvalue weighted by Gasteiger charge is 2.10. The van der Waals surface area contributed by atoms with Gasteiger partial charge in [-0.3, -0.25) is 0 Å². The molecular weight excluding hydrogens is 436 g/mol. The van der Waals surface area contributed by atoms with Crippen molar-refractivity contribution in [2.24, 2.45) is 0 Å². The summed E-state index contributed by atoms with van der Waals surface area (Å²) in [7, 11) is 0. The highest BCUT2D eigenvalue weighted by Crippen LogP contribution is 2.24. The van der Waals surface area contributed by atoms with E-state index in [4.69, 9.17) is 0 Å². The molecule has 2 nitrogen and oxygen atoms in total. The van der Waals surface area contributed by atoms with Gasteiger partial charge < -0.3 is 9.80 Å². The van der Waals surface area contributed by atoms with Gasteiger partial charge >= 0.3 is 0 Å². The fourth-order valence-corrected chi connectivity index (χ4v) is 5.24. The van der Waals surface area contributed by atoms with Crippen molar-refractivity contribution in [1.29, 1.82) is 0 Å². The number of hydrogen-bond donors (Lipinski definition) is 0. The molecule has 0 radical (unpaired) electrons. The summed E-state index contributed by atoms with van der Waals surface area (Å²) in [5.74, 6) is 0. The molecule has 0 saturated heterocycles. The van der Waals surface area contributed by atoms with Crippen LogP contribution in [0.25, 0.3) is 0 Å². The second kappa shape index (κ2) is 24.2. The van der Waals surface area contributed by atoms with E-state index in [-0.39, 0.29) is 0 Å². The van der Waals surface area contributed by atoms with Crippen LogP contribution in [0, 0.1) is 0 Å². The SMILES string of the molecule is CCCCCCCN(CCCCCCC)c1ccc(N(CCCCCCC)CCCCCCC)cc1. The number of nitrogens with zero attached hydrogens (tertiary/aromatic N) is 2. The molecule has 0 spiro atoms. The molecule has 0 heterocycles. The second-order valence-electron chi connectivity index (χ2n) is 11.1. The molecule has 1 aromatic rings. The van der Waals surface area contributed by atoms with Crippen molar-refractivity contribution >= 4 is 11.4 Å². The first-order valence-electron chi connectivity index (χ1n) is 16.4. The van der Waals surface area contributed by atoms with Crippen molar-refractivity contribution in [3.8, 4) is 0 Å². The Hall–Kier alpha value is -1.18. The molecule has 0 fully saturated rings. The minimum Gasteiger partial charge on any atom is -0.372 e. The first kappa shape index (κ1) is 32.8. The number of benzene rings is 1. The van der Waals surface area contributed by atoms with Crippen LogP contribution in [0.1, 0.15) is 156 Å². The third-order valence-electron chi connectivity index (χ3n) is 7.71. The Morgan fingerprint density at radius 2 is 0.556 bits per heavy atom. The van der Waals surface area contributed by atoms with Gasteiger partial charge in [0.05, 0.1) is 0 Å². The van der Waals surface area contributed by atoms with Gasteiger partial charge in [-0.25, -0.2) is 0 Å². The molecule has 0 aromatic heterocycles. The Kier molecular flexibility index (Phi) is 22.1. The zero-order chi connectivity index (χ0) is 26.1. The van der Waals surface area contributed by atoms with Crippen molar-refractivity contribution < 1.29 is 0 Å². The summed E-state index contributed by atoms with van der Waals surface area (Å²) < 4.78 is 0. The Morgan fingerprint density at radius 1 is 0.333 bits per heavy atom. The fourth-order valence-electron chi connectivity index (χ4n) is 5.24. The van der Waals surface area contributed by atoms with Crippen LogP contribution in [-0.4, -0.2) is 26.2 Å². The minimum atomic E-state index is 1.22. The third-order valence-corrected chi connectivity index (χ3v) is 7.71. The van der Waals surface area contributed by atoms with E-state index in [9.17, 15) is 0 Å². The Bertz CT molecular complexity index is 488. The van der Waals surface area contributed by atoms with Gasteiger partial charge in [0.2, 0.25) is 0 Å². The van der Waals surface area contributed by atoms with Crippen LogP contribution in [0.4, 0.5) is 11.4 Å². The lowest BCUT2D eigenvalue weighted by Crippen LogP contribution is -2.27. The Labute approximate surface area is 227 Å². The van der Waals surface area contributed by atoms with Crippen molar-refractivity contribution in [3.63, 3.8) is 0 Å². The summed E-state index contributed by atoms with van der Waals surface area (Å²) in [5.41, 5.74) is 2.88. The molecule has 0 saturated carbocycles. The van der Waals surface area contributed by atoms with E-state index in [0.29, 0.717) is 0 Å². The van der Waals surface area contributed by atoms with Crippen LogP contribution < -0.4 is 9.80 Å². The smallest absolute Gasteiger partial charge is 0.0367 e. The molecule has 0 unspecified atom stereocenters. The maximum atomic E-state index is 2.68. The summed E-state index contributed by atoms with van der Waals surface area (Å²) >= 11 is 0. The Morgan fingerprint density at radius 3 is 0.778 bits per heavy atom. The van der Waals surface area contributed by atoms with Gasteiger partial charge in [0.25, 0.3) is 0 Å². The van der Waals surface area contributed by atoms with E-state index in [1.165, 1.54) is 166 Å². The highest BCUT2D eigenvalue weighted by molar-refractivity contribution is 5.56. The van der Waals surface area contributed by atoms with Crippen LogP contribution in [0.15, 0.2) is 24.3 Å². The molecule has 0 aliphatic heterocycles. The van der Waals surface area contributed by atoms with Crippen molar-refractivity contribution in [2.45, 2.75) is 156 Å². The van der Waals surface area contributed by atoms with E-state index in [1.807, 2.05) is 0 Å². The molecule has 0 amide bonds. The van der Waals surface area contributed by atoms with Crippen LogP contribution in [0.5, 0.6) is 0 Å². The third kappa shape index (κ3) is 16.5. The van der Waals surface area contributed by atoms with Gasteiger partial charge in [-0.1, -0.05) is 130 Å². The molecule has 0 bridgehead atoms. The van der Waals surface area contributed by atoms with Crippen LogP contribution in [0.3, 0.4) is 0 Å². The van der Waals surface area contributed by atoms with E-state index in [0.717, 1.165) is 0 Å². The van der Waals surface area contributed by atoms with E-state index in [2.05, 4.69) is 61.8 Å². The van der Waals surface area contributed by atoms with E-state index >= 15 is 0 Å². The molecule has 0 N–H and O–H groups in total. The number of unbranched alkanes of at least 4 members (excludes halogenated alkanes) is 16. The normalized spacial score (nSPS) is 11.2. The van der Waals surface area contributed by atoms with Crippen LogP contribution in [0.2, 0.25) is 0 Å². The van der Waals surface area contributed by atoms with Gasteiger partial charge in [0.1, 0.15) is 0 Å². The van der Waals surface area contributed by atoms with Gasteiger partial charge in [-0.15, -0.1) is 0 Å². The van der Waals surface area contributed by atoms with Gasteiger partial charge in [0.15, 0.2) is 0 Å². The number of anilines is 2. The molecule has 1 aromatic carbocycles. The summed E-state index contributed by atoms with van der Waals surface area (Å²) in [6, 6.07) is 9.70. The summed E-state index contributed by atoms with van der Waals surface area (Å²) in [4.78, 5) is 5.36. The summed E-state index contributed by atoms with van der Waals surface area (Å²) in [5, 5.41) is 0. The first-order chi connectivity index (χ1) is 17.8. The molecular formula is C34H64N2. The summed E-state index contributed by atoms with van der Waals surface area (Å²) in [6.45, 7) is 14.1. The van der Waals surface area contributed by atoms with Crippen molar-refractivity contribution in [1.82, 2.24) is 0 Å². The molecule has 0 atom stereocenters. The first-order valence-corrected chi connectivity index (χ1v) is 16.4. The molecule has 1 rings (SSSR count). The molecule has 0 aliphatic rings. The zero-order valence-electron chi connectivity index (χ0n) is 25.2. The van der Waals surface area contributed by atoms with Gasteiger partial charge in [0, 0.05) is 37.6 Å². The zero-order valence-corrected chi connectivity index (χ0v) is 25.2. The molecule has 210 valence electrons. The average molecular weight is 501 g/mol. The minimum absolute atomic E-state index is 1.22. The molecule has 0 aliphatic carbocycles. The second-order valence-corrected chi connectivity index (χ2v) is 11.1. The maximum absolute atomic E-state index is 2.68. The highest BCUT2D eigenvalue weighted by atomic mass is 15.1. The van der Waals surface area contributed by atoms with Crippen molar-refractivity contribution in [2.75, 3.05) is 36.0 Å². The molecule has 2 heteroatoms. The monoisotopic (exact) mass is 501 g/mol. The summed E-state index contributed by atoms with van der Waals surface area (Å²) in [6.07, 6.45) is 27.3. The van der Waals surface area contributed by atoms with E-state index < -0.39 is 0 Å². The number of rotatable bonds is 26. The van der Waals surface area contributed by atoms with E-state index in [1.54, 1.807) is 0 Å². The predicted octanol–water partition coefficient (Wildman–Crippen LogP) is 11.2.